The number of ether oxygens (including phenoxy) is 1. The molecule has 0 amide bonds. The molecule has 1 unspecified atom stereocenters. The molecule has 1 aliphatic carbocycles. The van der Waals surface area contributed by atoms with Crippen molar-refractivity contribution in [3.05, 3.63) is 35.4 Å². The van der Waals surface area contributed by atoms with Crippen LogP contribution in [0.2, 0.25) is 0 Å². The van der Waals surface area contributed by atoms with Gasteiger partial charge in [0, 0.05) is 19.2 Å². The zero-order valence-corrected chi connectivity index (χ0v) is 10.9. The Kier molecular flexibility index (Phi) is 4.57. The second kappa shape index (κ2) is 6.18. The largest absolute Gasteiger partial charge is 0.380 e. The molecule has 1 aliphatic rings. The van der Waals surface area contributed by atoms with Gasteiger partial charge in [0.2, 0.25) is 0 Å². The fraction of sp³-hybridized carbons (Fsp3) is 0.600. The van der Waals surface area contributed by atoms with E-state index in [2.05, 4.69) is 43.4 Å². The molecule has 94 valence electrons. The first-order valence-corrected chi connectivity index (χ1v) is 6.63. The van der Waals surface area contributed by atoms with Crippen LogP contribution in [-0.4, -0.2) is 19.8 Å². The van der Waals surface area contributed by atoms with Crippen molar-refractivity contribution in [3.8, 4) is 0 Å². The molecule has 0 aliphatic heterocycles. The Labute approximate surface area is 104 Å². The fourth-order valence-electron chi connectivity index (χ4n) is 1.86. The Balaban J connectivity index is 1.62. The molecule has 0 aromatic heterocycles. The lowest BCUT2D eigenvalue weighted by atomic mass is 10.1. The maximum Gasteiger partial charge on any atom is 0.0591 e. The minimum atomic E-state index is 0.403. The molecule has 2 nitrogen and oxygen atoms in total. The first-order chi connectivity index (χ1) is 8.25. The van der Waals surface area contributed by atoms with E-state index >= 15 is 0 Å². The van der Waals surface area contributed by atoms with E-state index in [9.17, 15) is 0 Å². The lowest BCUT2D eigenvalue weighted by Gasteiger charge is -2.14. The standard InChI is InChI=1S/C15H23NO/c1-12-3-7-15(8-4-12)13(2)16-9-10-17-11-14-5-6-14/h3-4,7-8,13-14,16H,5-6,9-11H2,1-2H3. The van der Waals surface area contributed by atoms with Gasteiger partial charge in [-0.1, -0.05) is 29.8 Å². The predicted molar refractivity (Wildman–Crippen MR) is 71.1 cm³/mol. The molecule has 0 saturated heterocycles. The summed E-state index contributed by atoms with van der Waals surface area (Å²) in [6.07, 6.45) is 2.74. The second-order valence-corrected chi connectivity index (χ2v) is 5.10. The van der Waals surface area contributed by atoms with Gasteiger partial charge in [0.15, 0.2) is 0 Å². The van der Waals surface area contributed by atoms with Gasteiger partial charge in [-0.2, -0.15) is 0 Å². The molecule has 17 heavy (non-hydrogen) atoms. The number of benzene rings is 1. The molecule has 1 aromatic carbocycles. The lowest BCUT2D eigenvalue weighted by Crippen LogP contribution is -2.23. The third-order valence-electron chi connectivity index (χ3n) is 3.32. The van der Waals surface area contributed by atoms with Crippen LogP contribution in [0, 0.1) is 12.8 Å². The van der Waals surface area contributed by atoms with Crippen LogP contribution in [0.15, 0.2) is 24.3 Å². The van der Waals surface area contributed by atoms with Crippen LogP contribution in [-0.2, 0) is 4.74 Å². The smallest absolute Gasteiger partial charge is 0.0591 e. The summed E-state index contributed by atoms with van der Waals surface area (Å²) in [5.41, 5.74) is 2.66. The van der Waals surface area contributed by atoms with Gasteiger partial charge >= 0.3 is 0 Å². The number of rotatable bonds is 7. The van der Waals surface area contributed by atoms with Crippen molar-refractivity contribution in [2.75, 3.05) is 19.8 Å². The van der Waals surface area contributed by atoms with E-state index in [0.29, 0.717) is 6.04 Å². The summed E-state index contributed by atoms with van der Waals surface area (Å²) in [5.74, 6) is 0.865. The Bertz CT molecular complexity index is 329. The monoisotopic (exact) mass is 233 g/mol. The fourth-order valence-corrected chi connectivity index (χ4v) is 1.86. The molecule has 0 spiro atoms. The predicted octanol–water partition coefficient (Wildman–Crippen LogP) is 3.07. The minimum absolute atomic E-state index is 0.403. The summed E-state index contributed by atoms with van der Waals surface area (Å²) in [6.45, 7) is 7.04. The Morgan fingerprint density at radius 3 is 2.65 bits per heavy atom. The normalized spacial score (nSPS) is 17.1. The Hall–Kier alpha value is -0.860. The summed E-state index contributed by atoms with van der Waals surface area (Å²) in [5, 5.41) is 3.49. The summed E-state index contributed by atoms with van der Waals surface area (Å²) >= 11 is 0. The van der Waals surface area contributed by atoms with Crippen molar-refractivity contribution in [1.29, 1.82) is 0 Å². The van der Waals surface area contributed by atoms with Crippen LogP contribution in [0.25, 0.3) is 0 Å². The Morgan fingerprint density at radius 1 is 1.29 bits per heavy atom. The van der Waals surface area contributed by atoms with Crippen molar-refractivity contribution in [1.82, 2.24) is 5.32 Å². The van der Waals surface area contributed by atoms with Crippen molar-refractivity contribution >= 4 is 0 Å². The summed E-state index contributed by atoms with van der Waals surface area (Å²) in [7, 11) is 0. The van der Waals surface area contributed by atoms with Crippen LogP contribution < -0.4 is 5.32 Å². The van der Waals surface area contributed by atoms with E-state index in [1.54, 1.807) is 0 Å². The maximum absolute atomic E-state index is 5.60. The van der Waals surface area contributed by atoms with Crippen LogP contribution in [0.5, 0.6) is 0 Å². The van der Waals surface area contributed by atoms with E-state index in [1.165, 1.54) is 24.0 Å². The molecule has 0 radical (unpaired) electrons. The van der Waals surface area contributed by atoms with Gasteiger partial charge in [-0.25, -0.2) is 0 Å². The molecule has 2 rings (SSSR count). The third kappa shape index (κ3) is 4.49. The lowest BCUT2D eigenvalue weighted by molar-refractivity contribution is 0.124. The molecule has 1 N–H and O–H groups in total. The van der Waals surface area contributed by atoms with Crippen molar-refractivity contribution in [3.63, 3.8) is 0 Å². The summed E-state index contributed by atoms with van der Waals surface area (Å²) in [4.78, 5) is 0. The van der Waals surface area contributed by atoms with Crippen molar-refractivity contribution < 1.29 is 4.74 Å². The molecular weight excluding hydrogens is 210 g/mol. The summed E-state index contributed by atoms with van der Waals surface area (Å²) in [6, 6.07) is 9.12. The van der Waals surface area contributed by atoms with Crippen LogP contribution in [0.1, 0.15) is 36.9 Å². The van der Waals surface area contributed by atoms with Crippen molar-refractivity contribution in [2.24, 2.45) is 5.92 Å². The van der Waals surface area contributed by atoms with E-state index in [0.717, 1.165) is 25.7 Å². The van der Waals surface area contributed by atoms with Gasteiger partial charge in [-0.15, -0.1) is 0 Å². The molecule has 1 saturated carbocycles. The first-order valence-electron chi connectivity index (χ1n) is 6.63. The van der Waals surface area contributed by atoms with Gasteiger partial charge in [0.25, 0.3) is 0 Å². The highest BCUT2D eigenvalue weighted by Crippen LogP contribution is 2.28. The highest BCUT2D eigenvalue weighted by molar-refractivity contribution is 5.23. The van der Waals surface area contributed by atoms with Crippen LogP contribution in [0.3, 0.4) is 0 Å². The number of hydrogen-bond donors (Lipinski definition) is 1. The maximum atomic E-state index is 5.60. The average molecular weight is 233 g/mol. The molecular formula is C15H23NO. The van der Waals surface area contributed by atoms with Crippen LogP contribution in [0.4, 0.5) is 0 Å². The molecule has 1 fully saturated rings. The zero-order chi connectivity index (χ0) is 12.1. The molecule has 1 aromatic rings. The van der Waals surface area contributed by atoms with E-state index in [4.69, 9.17) is 4.74 Å². The van der Waals surface area contributed by atoms with Crippen molar-refractivity contribution in [2.45, 2.75) is 32.7 Å². The van der Waals surface area contributed by atoms with Gasteiger partial charge in [-0.3, -0.25) is 0 Å². The number of nitrogens with one attached hydrogen (secondary N) is 1. The topological polar surface area (TPSA) is 21.3 Å². The minimum Gasteiger partial charge on any atom is -0.380 e. The van der Waals surface area contributed by atoms with Crippen LogP contribution >= 0.6 is 0 Å². The van der Waals surface area contributed by atoms with Gasteiger partial charge in [-0.05, 0) is 38.2 Å². The second-order valence-electron chi connectivity index (χ2n) is 5.10. The van der Waals surface area contributed by atoms with Gasteiger partial charge < -0.3 is 10.1 Å². The van der Waals surface area contributed by atoms with E-state index < -0.39 is 0 Å². The van der Waals surface area contributed by atoms with E-state index in [-0.39, 0.29) is 0 Å². The summed E-state index contributed by atoms with van der Waals surface area (Å²) < 4.78 is 5.60. The molecule has 0 bridgehead atoms. The highest BCUT2D eigenvalue weighted by atomic mass is 16.5. The highest BCUT2D eigenvalue weighted by Gasteiger charge is 2.20. The average Bonchev–Trinajstić information content (AvgIpc) is 3.13. The number of aryl methyl sites for hydroxylation is 1. The SMILES string of the molecule is Cc1ccc(C(C)NCCOCC2CC2)cc1. The Morgan fingerprint density at radius 2 is 2.00 bits per heavy atom. The quantitative estimate of drug-likeness (QED) is 0.731. The zero-order valence-electron chi connectivity index (χ0n) is 10.9. The number of hydrogen-bond acceptors (Lipinski definition) is 2. The van der Waals surface area contributed by atoms with E-state index in [1.807, 2.05) is 0 Å². The first kappa shape index (κ1) is 12.6. The third-order valence-corrected chi connectivity index (χ3v) is 3.32. The molecule has 1 atom stereocenters. The molecule has 0 heterocycles. The molecule has 2 heteroatoms. The van der Waals surface area contributed by atoms with Gasteiger partial charge in [0.05, 0.1) is 6.61 Å². The van der Waals surface area contributed by atoms with Gasteiger partial charge in [0.1, 0.15) is 0 Å².